The van der Waals surface area contributed by atoms with Gasteiger partial charge in [0.25, 0.3) is 0 Å². The summed E-state index contributed by atoms with van der Waals surface area (Å²) in [5.74, 6) is 0.553. The Morgan fingerprint density at radius 3 is 2.58 bits per heavy atom. The van der Waals surface area contributed by atoms with Crippen LogP contribution in [0.2, 0.25) is 0 Å². The second kappa shape index (κ2) is 7.10. The first-order valence-corrected chi connectivity index (χ1v) is 6.82. The Kier molecular flexibility index (Phi) is 6.07. The summed E-state index contributed by atoms with van der Waals surface area (Å²) >= 11 is 0. The predicted molar refractivity (Wildman–Crippen MR) is 76.2 cm³/mol. The van der Waals surface area contributed by atoms with Gasteiger partial charge in [-0.05, 0) is 25.2 Å². The van der Waals surface area contributed by atoms with Crippen molar-refractivity contribution in [3.05, 3.63) is 0 Å². The van der Waals surface area contributed by atoms with E-state index in [2.05, 4.69) is 10.6 Å². The molecule has 3 atom stereocenters. The normalized spacial score (nSPS) is 29.1. The summed E-state index contributed by atoms with van der Waals surface area (Å²) in [6.45, 7) is 0.0966. The van der Waals surface area contributed by atoms with Gasteiger partial charge in [-0.15, -0.1) is 12.4 Å². The van der Waals surface area contributed by atoms with Crippen LogP contribution in [0.5, 0.6) is 0 Å². The molecule has 2 rings (SSSR count). The maximum Gasteiger partial charge on any atom is 0.241 e. The second-order valence-corrected chi connectivity index (χ2v) is 5.61. The van der Waals surface area contributed by atoms with Crippen LogP contribution in [0.15, 0.2) is 0 Å². The van der Waals surface area contributed by atoms with Crippen molar-refractivity contribution in [3.8, 4) is 0 Å². The number of hydrogen-bond acceptors (Lipinski definition) is 3. The lowest BCUT2D eigenvalue weighted by Gasteiger charge is -2.24. The number of nitrogens with zero attached hydrogens (tertiary/aromatic N) is 1. The molecular formula is C13H24ClN3O2. The Morgan fingerprint density at radius 1 is 1.26 bits per heavy atom. The fourth-order valence-corrected chi connectivity index (χ4v) is 2.97. The van der Waals surface area contributed by atoms with Gasteiger partial charge in [0.05, 0.1) is 12.6 Å². The third-order valence-corrected chi connectivity index (χ3v) is 4.09. The van der Waals surface area contributed by atoms with Crippen LogP contribution in [0.25, 0.3) is 0 Å². The Hall–Kier alpha value is -0.810. The van der Waals surface area contributed by atoms with Crippen LogP contribution in [0, 0.1) is 5.92 Å². The number of rotatable bonds is 3. The maximum absolute atomic E-state index is 12.0. The van der Waals surface area contributed by atoms with Gasteiger partial charge >= 0.3 is 0 Å². The molecule has 0 spiro atoms. The molecule has 19 heavy (non-hydrogen) atoms. The highest BCUT2D eigenvalue weighted by atomic mass is 35.5. The number of likely N-dealkylation sites (N-methyl/N-ethyl adjacent to an activating group) is 1. The van der Waals surface area contributed by atoms with E-state index >= 15 is 0 Å². The van der Waals surface area contributed by atoms with Crippen molar-refractivity contribution in [2.75, 3.05) is 20.6 Å². The highest BCUT2D eigenvalue weighted by molar-refractivity contribution is 5.87. The zero-order valence-electron chi connectivity index (χ0n) is 11.6. The number of nitrogens with one attached hydrogen (secondary N) is 2. The first kappa shape index (κ1) is 16.2. The Morgan fingerprint density at radius 2 is 1.95 bits per heavy atom. The lowest BCUT2D eigenvalue weighted by atomic mass is 9.85. The van der Waals surface area contributed by atoms with Crippen LogP contribution in [0.4, 0.5) is 0 Å². The van der Waals surface area contributed by atoms with Crippen molar-refractivity contribution in [3.63, 3.8) is 0 Å². The predicted octanol–water partition coefficient (Wildman–Crippen LogP) is 0.533. The summed E-state index contributed by atoms with van der Waals surface area (Å²) in [5, 5.41) is 6.13. The van der Waals surface area contributed by atoms with E-state index < -0.39 is 0 Å². The minimum Gasteiger partial charge on any atom is -0.347 e. The number of fused-ring (bicyclic) bond motifs is 1. The van der Waals surface area contributed by atoms with E-state index in [4.69, 9.17) is 0 Å². The number of halogens is 1. The van der Waals surface area contributed by atoms with Gasteiger partial charge in [0, 0.05) is 20.1 Å². The summed E-state index contributed by atoms with van der Waals surface area (Å²) in [6, 6.07) is 0.409. The Balaban J connectivity index is 0.00000180. The van der Waals surface area contributed by atoms with Gasteiger partial charge in [-0.2, -0.15) is 0 Å². The molecule has 0 radical (unpaired) electrons. The number of hydrogen-bond donors (Lipinski definition) is 2. The molecule has 0 bridgehead atoms. The molecule has 1 aliphatic heterocycles. The monoisotopic (exact) mass is 289 g/mol. The summed E-state index contributed by atoms with van der Waals surface area (Å²) in [7, 11) is 3.38. The van der Waals surface area contributed by atoms with Crippen molar-refractivity contribution < 1.29 is 9.59 Å². The van der Waals surface area contributed by atoms with Crippen LogP contribution in [0.1, 0.15) is 32.1 Å². The van der Waals surface area contributed by atoms with E-state index in [9.17, 15) is 9.59 Å². The van der Waals surface area contributed by atoms with Crippen molar-refractivity contribution in [1.82, 2.24) is 15.5 Å². The van der Waals surface area contributed by atoms with Crippen LogP contribution in [0.3, 0.4) is 0 Å². The summed E-state index contributed by atoms with van der Waals surface area (Å²) < 4.78 is 0. The van der Waals surface area contributed by atoms with E-state index in [1.807, 2.05) is 0 Å². The molecule has 2 amide bonds. The number of carbonyl (C=O) groups is 2. The fourth-order valence-electron chi connectivity index (χ4n) is 2.97. The molecule has 2 aliphatic rings. The first-order valence-electron chi connectivity index (χ1n) is 6.82. The average Bonchev–Trinajstić information content (AvgIpc) is 2.79. The van der Waals surface area contributed by atoms with E-state index in [-0.39, 0.29) is 36.8 Å². The molecule has 0 aromatic rings. The quantitative estimate of drug-likeness (QED) is 0.797. The molecule has 1 saturated carbocycles. The van der Waals surface area contributed by atoms with Crippen LogP contribution in [-0.4, -0.2) is 49.4 Å². The van der Waals surface area contributed by atoms with E-state index in [0.717, 1.165) is 6.42 Å². The largest absolute Gasteiger partial charge is 0.347 e. The molecule has 2 N–H and O–H groups in total. The molecule has 1 saturated heterocycles. The zero-order chi connectivity index (χ0) is 13.1. The third kappa shape index (κ3) is 4.08. The van der Waals surface area contributed by atoms with Crippen LogP contribution >= 0.6 is 12.4 Å². The number of carbonyl (C=O) groups excluding carboxylic acids is 2. The first-order chi connectivity index (χ1) is 8.58. The second-order valence-electron chi connectivity index (χ2n) is 5.61. The van der Waals surface area contributed by atoms with Crippen molar-refractivity contribution in [2.45, 2.75) is 44.2 Å². The third-order valence-electron chi connectivity index (χ3n) is 4.09. The van der Waals surface area contributed by atoms with Gasteiger partial charge in [-0.3, -0.25) is 9.59 Å². The van der Waals surface area contributed by atoms with E-state index in [1.54, 1.807) is 14.1 Å². The van der Waals surface area contributed by atoms with Crippen LogP contribution < -0.4 is 10.6 Å². The zero-order valence-corrected chi connectivity index (χ0v) is 12.5. The van der Waals surface area contributed by atoms with Gasteiger partial charge in [-0.1, -0.05) is 12.8 Å². The van der Waals surface area contributed by atoms with Gasteiger partial charge < -0.3 is 15.5 Å². The molecule has 0 aromatic heterocycles. The SMILES string of the molecule is CN(C)C(=O)CNC(=O)C1CC2CCCCC2N1.Cl. The molecular weight excluding hydrogens is 266 g/mol. The highest BCUT2D eigenvalue weighted by Crippen LogP contribution is 2.33. The highest BCUT2D eigenvalue weighted by Gasteiger charge is 2.38. The van der Waals surface area contributed by atoms with E-state index in [0.29, 0.717) is 12.0 Å². The Labute approximate surface area is 120 Å². The molecule has 1 aliphatic carbocycles. The number of amides is 2. The lowest BCUT2D eigenvalue weighted by molar-refractivity contribution is -0.131. The minimum atomic E-state index is -0.104. The topological polar surface area (TPSA) is 61.4 Å². The Bertz CT molecular complexity index is 322. The standard InChI is InChI=1S/C13H23N3O2.ClH/c1-16(2)12(17)8-14-13(18)11-7-9-5-3-4-6-10(9)15-11;/h9-11,15H,3-8H2,1-2H3,(H,14,18);1H. The molecule has 2 fully saturated rings. The van der Waals surface area contributed by atoms with Gasteiger partial charge in [-0.25, -0.2) is 0 Å². The van der Waals surface area contributed by atoms with Crippen molar-refractivity contribution >= 4 is 24.2 Å². The molecule has 1 heterocycles. The van der Waals surface area contributed by atoms with Gasteiger partial charge in [0.15, 0.2) is 0 Å². The average molecular weight is 290 g/mol. The minimum absolute atomic E-state index is 0. The smallest absolute Gasteiger partial charge is 0.241 e. The van der Waals surface area contributed by atoms with E-state index in [1.165, 1.54) is 30.6 Å². The molecule has 0 aromatic carbocycles. The van der Waals surface area contributed by atoms with Crippen LogP contribution in [-0.2, 0) is 9.59 Å². The summed E-state index contributed by atoms with van der Waals surface area (Å²) in [4.78, 5) is 24.9. The summed E-state index contributed by atoms with van der Waals surface area (Å²) in [5.41, 5.74) is 0. The van der Waals surface area contributed by atoms with Crippen molar-refractivity contribution in [2.24, 2.45) is 5.92 Å². The molecule has 6 heteroatoms. The maximum atomic E-state index is 12.0. The lowest BCUT2D eigenvalue weighted by Crippen LogP contribution is -2.46. The molecule has 110 valence electrons. The fraction of sp³-hybridized carbons (Fsp3) is 0.846. The molecule has 5 nitrogen and oxygen atoms in total. The van der Waals surface area contributed by atoms with Crippen molar-refractivity contribution in [1.29, 1.82) is 0 Å². The van der Waals surface area contributed by atoms with Gasteiger partial charge in [0.1, 0.15) is 0 Å². The summed E-state index contributed by atoms with van der Waals surface area (Å²) in [6.07, 6.45) is 5.90. The van der Waals surface area contributed by atoms with Gasteiger partial charge in [0.2, 0.25) is 11.8 Å². The molecule has 3 unspecified atom stereocenters.